The maximum absolute atomic E-state index is 13.1. The van der Waals surface area contributed by atoms with Crippen LogP contribution in [0.2, 0.25) is 0 Å². The molecule has 0 fully saturated rings. The Morgan fingerprint density at radius 1 is 0.933 bits per heavy atom. The van der Waals surface area contributed by atoms with E-state index in [4.69, 9.17) is 5.10 Å². The number of hydrazone groups is 1. The molecule has 0 spiro atoms. The van der Waals surface area contributed by atoms with E-state index in [0.29, 0.717) is 6.42 Å². The van der Waals surface area contributed by atoms with Crippen LogP contribution in [0.5, 0.6) is 0 Å². The minimum atomic E-state index is -0.121. The van der Waals surface area contributed by atoms with Gasteiger partial charge >= 0.3 is 0 Å². The SMILES string of the molecule is CN(C)c1ccc(C2CC(c3ccccc3)=NN2C(=O)C=Cc2ccccc2)cc1. The third-order valence-corrected chi connectivity index (χ3v) is 5.26. The fraction of sp³-hybridized carbons (Fsp3) is 0.154. The van der Waals surface area contributed by atoms with E-state index < -0.39 is 0 Å². The molecule has 1 unspecified atom stereocenters. The van der Waals surface area contributed by atoms with E-state index in [1.54, 1.807) is 11.1 Å². The highest BCUT2D eigenvalue weighted by Gasteiger charge is 2.32. The maximum Gasteiger partial charge on any atom is 0.267 e. The Hall–Kier alpha value is -3.66. The van der Waals surface area contributed by atoms with Gasteiger partial charge in [0.2, 0.25) is 0 Å². The minimum absolute atomic E-state index is 0.119. The highest BCUT2D eigenvalue weighted by atomic mass is 16.2. The first kappa shape index (κ1) is 19.6. The molecule has 1 atom stereocenters. The summed E-state index contributed by atoms with van der Waals surface area (Å²) in [7, 11) is 4.04. The molecule has 0 saturated heterocycles. The Labute approximate surface area is 177 Å². The predicted molar refractivity (Wildman–Crippen MR) is 123 cm³/mol. The van der Waals surface area contributed by atoms with Gasteiger partial charge in [0.05, 0.1) is 11.8 Å². The van der Waals surface area contributed by atoms with Crippen LogP contribution in [-0.4, -0.2) is 30.7 Å². The zero-order valence-corrected chi connectivity index (χ0v) is 17.3. The Bertz CT molecular complexity index is 1050. The highest BCUT2D eigenvalue weighted by molar-refractivity contribution is 6.04. The van der Waals surface area contributed by atoms with E-state index in [9.17, 15) is 4.79 Å². The van der Waals surface area contributed by atoms with Crippen LogP contribution < -0.4 is 4.90 Å². The van der Waals surface area contributed by atoms with E-state index in [1.165, 1.54) is 0 Å². The van der Waals surface area contributed by atoms with Crippen molar-refractivity contribution in [2.24, 2.45) is 5.10 Å². The first-order valence-corrected chi connectivity index (χ1v) is 10.1. The van der Waals surface area contributed by atoms with Gasteiger partial charge in [-0.05, 0) is 34.9 Å². The van der Waals surface area contributed by atoms with Crippen LogP contribution in [-0.2, 0) is 4.79 Å². The quantitative estimate of drug-likeness (QED) is 0.561. The number of nitrogens with zero attached hydrogens (tertiary/aromatic N) is 3. The van der Waals surface area contributed by atoms with Gasteiger partial charge < -0.3 is 4.90 Å². The van der Waals surface area contributed by atoms with Crippen molar-refractivity contribution < 1.29 is 4.79 Å². The van der Waals surface area contributed by atoms with Crippen LogP contribution in [0.15, 0.2) is 96.1 Å². The van der Waals surface area contributed by atoms with Gasteiger partial charge in [0.25, 0.3) is 5.91 Å². The fourth-order valence-electron chi connectivity index (χ4n) is 3.58. The van der Waals surface area contributed by atoms with Crippen molar-refractivity contribution in [1.29, 1.82) is 0 Å². The number of amides is 1. The number of hydrogen-bond donors (Lipinski definition) is 0. The van der Waals surface area contributed by atoms with Crippen LogP contribution in [0.25, 0.3) is 6.08 Å². The number of hydrogen-bond acceptors (Lipinski definition) is 3. The molecule has 0 saturated carbocycles. The van der Waals surface area contributed by atoms with Crippen LogP contribution in [0, 0.1) is 0 Å². The molecule has 4 nitrogen and oxygen atoms in total. The normalized spacial score (nSPS) is 16.0. The van der Waals surface area contributed by atoms with Gasteiger partial charge in [0.1, 0.15) is 0 Å². The fourth-order valence-corrected chi connectivity index (χ4v) is 3.58. The number of benzene rings is 3. The molecule has 0 aromatic heterocycles. The average Bonchev–Trinajstić information content (AvgIpc) is 3.24. The first-order chi connectivity index (χ1) is 14.6. The summed E-state index contributed by atoms with van der Waals surface area (Å²) in [6.45, 7) is 0. The van der Waals surface area contributed by atoms with E-state index in [0.717, 1.165) is 28.1 Å². The molecule has 4 heteroatoms. The van der Waals surface area contributed by atoms with Gasteiger partial charge in [0.15, 0.2) is 0 Å². The number of anilines is 1. The van der Waals surface area contributed by atoms with E-state index in [2.05, 4.69) is 29.2 Å². The smallest absolute Gasteiger partial charge is 0.267 e. The summed E-state index contributed by atoms with van der Waals surface area (Å²) in [5.74, 6) is -0.119. The molecule has 1 heterocycles. The molecule has 0 N–H and O–H groups in total. The maximum atomic E-state index is 13.1. The number of carbonyl (C=O) groups is 1. The molecule has 1 aliphatic heterocycles. The zero-order valence-electron chi connectivity index (χ0n) is 17.3. The summed E-state index contributed by atoms with van der Waals surface area (Å²) < 4.78 is 0. The van der Waals surface area contributed by atoms with Crippen molar-refractivity contribution in [2.75, 3.05) is 19.0 Å². The molecule has 30 heavy (non-hydrogen) atoms. The van der Waals surface area contributed by atoms with Crippen molar-refractivity contribution in [3.05, 3.63) is 108 Å². The van der Waals surface area contributed by atoms with Crippen molar-refractivity contribution >= 4 is 23.4 Å². The largest absolute Gasteiger partial charge is 0.378 e. The Morgan fingerprint density at radius 3 is 2.20 bits per heavy atom. The second-order valence-electron chi connectivity index (χ2n) is 7.55. The highest BCUT2D eigenvalue weighted by Crippen LogP contribution is 2.33. The van der Waals surface area contributed by atoms with Crippen molar-refractivity contribution in [1.82, 2.24) is 5.01 Å². The molecule has 0 radical (unpaired) electrons. The van der Waals surface area contributed by atoms with Crippen molar-refractivity contribution in [3.63, 3.8) is 0 Å². The predicted octanol–water partition coefficient (Wildman–Crippen LogP) is 5.14. The molecule has 150 valence electrons. The standard InChI is InChI=1S/C26H25N3O/c1-28(2)23-16-14-22(15-17-23)25-19-24(21-11-7-4-8-12-21)27-29(25)26(30)18-13-20-9-5-3-6-10-20/h3-18,25H,19H2,1-2H3. The third kappa shape index (κ3) is 4.33. The molecular weight excluding hydrogens is 370 g/mol. The summed E-state index contributed by atoms with van der Waals surface area (Å²) in [4.78, 5) is 15.1. The van der Waals surface area contributed by atoms with Crippen LogP contribution in [0.1, 0.15) is 29.2 Å². The summed E-state index contributed by atoms with van der Waals surface area (Å²) in [6, 6.07) is 28.1. The van der Waals surface area contributed by atoms with Crippen LogP contribution in [0.3, 0.4) is 0 Å². The molecule has 4 rings (SSSR count). The molecule has 0 bridgehead atoms. The van der Waals surface area contributed by atoms with Gasteiger partial charge in [-0.25, -0.2) is 5.01 Å². The number of carbonyl (C=O) groups excluding carboxylic acids is 1. The van der Waals surface area contributed by atoms with Gasteiger partial charge in [0, 0.05) is 32.3 Å². The second-order valence-corrected chi connectivity index (χ2v) is 7.55. The lowest BCUT2D eigenvalue weighted by atomic mass is 9.98. The second kappa shape index (κ2) is 8.78. The summed E-state index contributed by atoms with van der Waals surface area (Å²) in [5.41, 5.74) is 5.18. The van der Waals surface area contributed by atoms with E-state index in [1.807, 2.05) is 80.8 Å². The Morgan fingerprint density at radius 2 is 1.57 bits per heavy atom. The van der Waals surface area contributed by atoms with Gasteiger partial charge in [-0.1, -0.05) is 72.8 Å². The minimum Gasteiger partial charge on any atom is -0.378 e. The monoisotopic (exact) mass is 395 g/mol. The van der Waals surface area contributed by atoms with E-state index >= 15 is 0 Å². The van der Waals surface area contributed by atoms with E-state index in [-0.39, 0.29) is 11.9 Å². The third-order valence-electron chi connectivity index (χ3n) is 5.26. The molecule has 0 aliphatic carbocycles. The lowest BCUT2D eigenvalue weighted by Crippen LogP contribution is -2.25. The molecule has 1 aliphatic rings. The lowest BCUT2D eigenvalue weighted by molar-refractivity contribution is -0.127. The zero-order chi connectivity index (χ0) is 20.9. The van der Waals surface area contributed by atoms with Crippen LogP contribution in [0.4, 0.5) is 5.69 Å². The molecule has 1 amide bonds. The van der Waals surface area contributed by atoms with Gasteiger partial charge in [-0.2, -0.15) is 5.10 Å². The average molecular weight is 396 g/mol. The first-order valence-electron chi connectivity index (χ1n) is 10.1. The number of rotatable bonds is 5. The summed E-state index contributed by atoms with van der Waals surface area (Å²) in [6.07, 6.45) is 4.13. The van der Waals surface area contributed by atoms with Crippen LogP contribution >= 0.6 is 0 Å². The Balaban J connectivity index is 1.64. The Kier molecular flexibility index (Phi) is 5.75. The topological polar surface area (TPSA) is 35.9 Å². The van der Waals surface area contributed by atoms with Gasteiger partial charge in [-0.15, -0.1) is 0 Å². The van der Waals surface area contributed by atoms with Gasteiger partial charge in [-0.3, -0.25) is 4.79 Å². The molecule has 3 aromatic carbocycles. The molecular formula is C26H25N3O. The van der Waals surface area contributed by atoms with Crippen molar-refractivity contribution in [2.45, 2.75) is 12.5 Å². The molecule has 3 aromatic rings. The summed E-state index contributed by atoms with van der Waals surface area (Å²) in [5, 5.41) is 6.34. The summed E-state index contributed by atoms with van der Waals surface area (Å²) >= 11 is 0. The lowest BCUT2D eigenvalue weighted by Gasteiger charge is -2.22. The van der Waals surface area contributed by atoms with Crippen molar-refractivity contribution in [3.8, 4) is 0 Å².